The molecule has 0 saturated carbocycles. The molecule has 0 fully saturated rings. The first-order valence-corrected chi connectivity index (χ1v) is 5.17. The van der Waals surface area contributed by atoms with Gasteiger partial charge in [-0.05, 0) is 24.1 Å². The third-order valence-electron chi connectivity index (χ3n) is 2.31. The van der Waals surface area contributed by atoms with Crippen LogP contribution in [0.15, 0.2) is 30.7 Å². The van der Waals surface area contributed by atoms with Crippen LogP contribution >= 0.6 is 0 Å². The standard InChI is InChI=1S/C11H15N5/c1-16-8-10(12)11(15-16)14-7-4-9-2-5-13-6-3-9/h2-3,5-6,8H,4,7,12H2,1H3,(H,14,15). The van der Waals surface area contributed by atoms with Gasteiger partial charge in [-0.15, -0.1) is 0 Å². The Hall–Kier alpha value is -2.04. The summed E-state index contributed by atoms with van der Waals surface area (Å²) in [6.45, 7) is 0.811. The van der Waals surface area contributed by atoms with E-state index in [1.54, 1.807) is 23.3 Å². The Morgan fingerprint density at radius 3 is 2.75 bits per heavy atom. The topological polar surface area (TPSA) is 68.8 Å². The number of hydrogen-bond donors (Lipinski definition) is 2. The summed E-state index contributed by atoms with van der Waals surface area (Å²) in [6, 6.07) is 4.01. The van der Waals surface area contributed by atoms with Gasteiger partial charge in [-0.1, -0.05) is 0 Å². The van der Waals surface area contributed by atoms with Crippen molar-refractivity contribution >= 4 is 11.5 Å². The van der Waals surface area contributed by atoms with Gasteiger partial charge >= 0.3 is 0 Å². The van der Waals surface area contributed by atoms with E-state index in [0.717, 1.165) is 18.8 Å². The van der Waals surface area contributed by atoms with Crippen molar-refractivity contribution in [3.05, 3.63) is 36.3 Å². The van der Waals surface area contributed by atoms with Crippen molar-refractivity contribution in [1.29, 1.82) is 0 Å². The van der Waals surface area contributed by atoms with Crippen LogP contribution in [0.4, 0.5) is 11.5 Å². The molecule has 3 N–H and O–H groups in total. The van der Waals surface area contributed by atoms with Gasteiger partial charge in [0.25, 0.3) is 0 Å². The Morgan fingerprint density at radius 1 is 1.38 bits per heavy atom. The fraction of sp³-hybridized carbons (Fsp3) is 0.273. The molecule has 0 saturated heterocycles. The smallest absolute Gasteiger partial charge is 0.171 e. The highest BCUT2D eigenvalue weighted by molar-refractivity contribution is 5.59. The van der Waals surface area contributed by atoms with Crippen molar-refractivity contribution in [2.45, 2.75) is 6.42 Å². The fourth-order valence-corrected chi connectivity index (χ4v) is 1.52. The molecule has 0 unspecified atom stereocenters. The summed E-state index contributed by atoms with van der Waals surface area (Å²) in [5, 5.41) is 7.41. The van der Waals surface area contributed by atoms with E-state index in [1.165, 1.54) is 5.56 Å². The summed E-state index contributed by atoms with van der Waals surface area (Å²) < 4.78 is 1.70. The summed E-state index contributed by atoms with van der Waals surface area (Å²) in [7, 11) is 1.85. The van der Waals surface area contributed by atoms with Gasteiger partial charge in [-0.3, -0.25) is 9.67 Å². The van der Waals surface area contributed by atoms with Crippen LogP contribution in [0.2, 0.25) is 0 Å². The fourth-order valence-electron chi connectivity index (χ4n) is 1.52. The van der Waals surface area contributed by atoms with Crippen LogP contribution in [0.5, 0.6) is 0 Å². The van der Waals surface area contributed by atoms with E-state index in [4.69, 9.17) is 5.73 Å². The first-order chi connectivity index (χ1) is 7.75. The minimum Gasteiger partial charge on any atom is -0.394 e. The molecule has 0 aromatic carbocycles. The van der Waals surface area contributed by atoms with E-state index in [1.807, 2.05) is 19.2 Å². The zero-order chi connectivity index (χ0) is 11.4. The summed E-state index contributed by atoms with van der Waals surface area (Å²) >= 11 is 0. The van der Waals surface area contributed by atoms with Crippen molar-refractivity contribution in [3.63, 3.8) is 0 Å². The van der Waals surface area contributed by atoms with Crippen LogP contribution in [-0.2, 0) is 13.5 Å². The van der Waals surface area contributed by atoms with Gasteiger partial charge in [0.1, 0.15) is 0 Å². The highest BCUT2D eigenvalue weighted by atomic mass is 15.3. The molecule has 0 radical (unpaired) electrons. The molecule has 0 aliphatic carbocycles. The molecule has 16 heavy (non-hydrogen) atoms. The molecule has 84 valence electrons. The van der Waals surface area contributed by atoms with Crippen molar-refractivity contribution in [1.82, 2.24) is 14.8 Å². The molecule has 2 rings (SSSR count). The van der Waals surface area contributed by atoms with Crippen molar-refractivity contribution in [3.8, 4) is 0 Å². The maximum atomic E-state index is 5.77. The molecule has 0 spiro atoms. The van der Waals surface area contributed by atoms with Gasteiger partial charge in [0.15, 0.2) is 5.82 Å². The summed E-state index contributed by atoms with van der Waals surface area (Å²) in [6.07, 6.45) is 6.31. The minimum absolute atomic E-state index is 0.678. The van der Waals surface area contributed by atoms with Crippen LogP contribution in [-0.4, -0.2) is 21.3 Å². The van der Waals surface area contributed by atoms with Gasteiger partial charge in [0, 0.05) is 32.2 Å². The molecule has 0 aliphatic heterocycles. The molecule has 0 amide bonds. The predicted molar refractivity (Wildman–Crippen MR) is 64.1 cm³/mol. The van der Waals surface area contributed by atoms with Crippen LogP contribution in [0.25, 0.3) is 0 Å². The second kappa shape index (κ2) is 4.65. The van der Waals surface area contributed by atoms with E-state index in [9.17, 15) is 0 Å². The summed E-state index contributed by atoms with van der Waals surface area (Å²) in [5.74, 6) is 0.747. The average molecular weight is 217 g/mol. The highest BCUT2D eigenvalue weighted by Gasteiger charge is 2.02. The number of hydrogen-bond acceptors (Lipinski definition) is 4. The van der Waals surface area contributed by atoms with Crippen LogP contribution in [0, 0.1) is 0 Å². The second-order valence-corrected chi connectivity index (χ2v) is 3.64. The molecule has 0 atom stereocenters. The average Bonchev–Trinajstić information content (AvgIpc) is 2.59. The minimum atomic E-state index is 0.678. The third-order valence-corrected chi connectivity index (χ3v) is 2.31. The zero-order valence-corrected chi connectivity index (χ0v) is 9.22. The first-order valence-electron chi connectivity index (χ1n) is 5.17. The Morgan fingerprint density at radius 2 is 2.12 bits per heavy atom. The monoisotopic (exact) mass is 217 g/mol. The van der Waals surface area contributed by atoms with Crippen LogP contribution in [0.3, 0.4) is 0 Å². The van der Waals surface area contributed by atoms with E-state index >= 15 is 0 Å². The van der Waals surface area contributed by atoms with Crippen molar-refractivity contribution < 1.29 is 0 Å². The number of nitrogens with one attached hydrogen (secondary N) is 1. The quantitative estimate of drug-likeness (QED) is 0.803. The molecular weight excluding hydrogens is 202 g/mol. The normalized spacial score (nSPS) is 10.3. The van der Waals surface area contributed by atoms with E-state index in [-0.39, 0.29) is 0 Å². The number of anilines is 2. The maximum Gasteiger partial charge on any atom is 0.171 e. The molecule has 2 aromatic heterocycles. The lowest BCUT2D eigenvalue weighted by molar-refractivity contribution is 0.768. The molecule has 5 heteroatoms. The van der Waals surface area contributed by atoms with Crippen LogP contribution in [0.1, 0.15) is 5.56 Å². The van der Waals surface area contributed by atoms with Crippen molar-refractivity contribution in [2.75, 3.05) is 17.6 Å². The highest BCUT2D eigenvalue weighted by Crippen LogP contribution is 2.13. The number of aromatic nitrogens is 3. The first kappa shape index (κ1) is 10.5. The molecular formula is C11H15N5. The second-order valence-electron chi connectivity index (χ2n) is 3.64. The number of nitrogen functional groups attached to an aromatic ring is 1. The molecule has 0 bridgehead atoms. The van der Waals surface area contributed by atoms with Gasteiger partial charge < -0.3 is 11.1 Å². The van der Waals surface area contributed by atoms with Crippen LogP contribution < -0.4 is 11.1 Å². The Kier molecular flexibility index (Phi) is 3.05. The SMILES string of the molecule is Cn1cc(N)c(NCCc2ccncc2)n1. The molecule has 2 heterocycles. The lowest BCUT2D eigenvalue weighted by atomic mass is 10.2. The van der Waals surface area contributed by atoms with Gasteiger partial charge in [0.05, 0.1) is 5.69 Å². The summed E-state index contributed by atoms with van der Waals surface area (Å²) in [4.78, 5) is 3.97. The van der Waals surface area contributed by atoms with E-state index < -0.39 is 0 Å². The summed E-state index contributed by atoms with van der Waals surface area (Å²) in [5.41, 5.74) is 7.69. The van der Waals surface area contributed by atoms with Crippen molar-refractivity contribution in [2.24, 2.45) is 7.05 Å². The molecule has 5 nitrogen and oxygen atoms in total. The lowest BCUT2D eigenvalue weighted by Gasteiger charge is -2.03. The number of nitrogens with zero attached hydrogens (tertiary/aromatic N) is 3. The Bertz CT molecular complexity index is 449. The predicted octanol–water partition coefficient (Wildman–Crippen LogP) is 1.05. The zero-order valence-electron chi connectivity index (χ0n) is 9.22. The molecule has 2 aromatic rings. The number of rotatable bonds is 4. The largest absolute Gasteiger partial charge is 0.394 e. The van der Waals surface area contributed by atoms with E-state index in [0.29, 0.717) is 5.69 Å². The Balaban J connectivity index is 1.87. The van der Waals surface area contributed by atoms with Gasteiger partial charge in [0.2, 0.25) is 0 Å². The third kappa shape index (κ3) is 2.50. The number of nitrogens with two attached hydrogens (primary N) is 1. The lowest BCUT2D eigenvalue weighted by Crippen LogP contribution is -2.07. The Labute approximate surface area is 94.3 Å². The van der Waals surface area contributed by atoms with Gasteiger partial charge in [-0.25, -0.2) is 0 Å². The van der Waals surface area contributed by atoms with Gasteiger partial charge in [-0.2, -0.15) is 5.10 Å². The van der Waals surface area contributed by atoms with E-state index in [2.05, 4.69) is 15.4 Å². The maximum absolute atomic E-state index is 5.77. The number of pyridine rings is 1. The number of aryl methyl sites for hydroxylation is 1. The molecule has 0 aliphatic rings.